The summed E-state index contributed by atoms with van der Waals surface area (Å²) in [5.74, 6) is -1.39. The molecule has 2 aliphatic heterocycles. The third kappa shape index (κ3) is 5.19. The number of carbonyl (C=O) groups is 2. The molecule has 0 bridgehead atoms. The summed E-state index contributed by atoms with van der Waals surface area (Å²) in [4.78, 5) is 29.3. The molecule has 0 saturated heterocycles. The summed E-state index contributed by atoms with van der Waals surface area (Å²) in [5, 5.41) is 15.5. The van der Waals surface area contributed by atoms with Crippen LogP contribution < -0.4 is 9.47 Å². The van der Waals surface area contributed by atoms with Crippen molar-refractivity contribution in [2.24, 2.45) is 10.1 Å². The zero-order valence-electron chi connectivity index (χ0n) is 19.5. The van der Waals surface area contributed by atoms with E-state index in [9.17, 15) is 14.0 Å². The van der Waals surface area contributed by atoms with Gasteiger partial charge >= 0.3 is 5.97 Å². The van der Waals surface area contributed by atoms with Crippen LogP contribution in [0.25, 0.3) is 6.08 Å². The van der Waals surface area contributed by atoms with Gasteiger partial charge in [0, 0.05) is 6.42 Å². The van der Waals surface area contributed by atoms with Crippen molar-refractivity contribution in [1.82, 2.24) is 5.01 Å². The second kappa shape index (κ2) is 10.2. The first-order chi connectivity index (χ1) is 17.9. The van der Waals surface area contributed by atoms with Crippen LogP contribution in [0.4, 0.5) is 4.39 Å². The van der Waals surface area contributed by atoms with Crippen LogP contribution in [0, 0.1) is 11.2 Å². The van der Waals surface area contributed by atoms with Gasteiger partial charge in [0.1, 0.15) is 10.9 Å². The second-order valence-corrected chi connectivity index (χ2v) is 9.02. The number of thioether (sulfide) groups is 1. The fourth-order valence-corrected chi connectivity index (χ4v) is 4.56. The molecule has 1 N–H and O–H groups in total. The van der Waals surface area contributed by atoms with Crippen molar-refractivity contribution in [3.05, 3.63) is 101 Å². The van der Waals surface area contributed by atoms with E-state index in [2.05, 4.69) is 10.1 Å². The van der Waals surface area contributed by atoms with E-state index >= 15 is 0 Å². The van der Waals surface area contributed by atoms with Crippen LogP contribution in [0.15, 0.2) is 88.5 Å². The largest absolute Gasteiger partial charge is 0.493 e. The minimum absolute atomic E-state index is 0.0622. The molecule has 0 unspecified atom stereocenters. The fourth-order valence-electron chi connectivity index (χ4n) is 3.64. The van der Waals surface area contributed by atoms with E-state index in [0.717, 1.165) is 10.6 Å². The Hall–Kier alpha value is -4.57. The smallest absolute Gasteiger partial charge is 0.343 e. The highest BCUT2D eigenvalue weighted by molar-refractivity contribution is 8.26. The van der Waals surface area contributed by atoms with Crippen molar-refractivity contribution in [2.75, 3.05) is 7.11 Å². The first-order valence-electron chi connectivity index (χ1n) is 11.1. The lowest BCUT2D eigenvalue weighted by Gasteiger charge is -2.20. The quantitative estimate of drug-likeness (QED) is 0.285. The number of ether oxygens (including phenoxy) is 2. The van der Waals surface area contributed by atoms with Gasteiger partial charge < -0.3 is 9.47 Å². The highest BCUT2D eigenvalue weighted by Crippen LogP contribution is 2.32. The van der Waals surface area contributed by atoms with E-state index in [0.29, 0.717) is 17.2 Å². The molecule has 0 aliphatic carbocycles. The number of esters is 1. The molecule has 0 atom stereocenters. The predicted molar refractivity (Wildman–Crippen MR) is 140 cm³/mol. The van der Waals surface area contributed by atoms with Gasteiger partial charge in [0.15, 0.2) is 17.3 Å². The topological polar surface area (TPSA) is 104 Å². The summed E-state index contributed by atoms with van der Waals surface area (Å²) in [6.45, 7) is 0. The average molecular weight is 515 g/mol. The van der Waals surface area contributed by atoms with Gasteiger partial charge in [0.25, 0.3) is 5.91 Å². The number of halogens is 1. The normalized spacial score (nSPS) is 15.8. The molecule has 0 saturated carbocycles. The summed E-state index contributed by atoms with van der Waals surface area (Å²) in [7, 11) is 1.41. The van der Waals surface area contributed by atoms with E-state index in [1.54, 1.807) is 12.1 Å². The zero-order valence-corrected chi connectivity index (χ0v) is 20.3. The van der Waals surface area contributed by atoms with Crippen LogP contribution in [0.1, 0.15) is 21.5 Å². The zero-order chi connectivity index (χ0) is 25.9. The number of rotatable bonds is 6. The first-order valence-corrected chi connectivity index (χ1v) is 11.9. The standard InChI is InChI=1S/C27H19FN4O4S/c1-35-22-14-17(7-12-21(22)36-26(34)18-8-10-19(28)11-9-18)13-20-24(29)32-27(30-25(20)33)37-23(31-32)15-16-5-3-2-4-6-16/h2-14,29H,15H2,1H3/b20-13-,29-24?. The third-order valence-electron chi connectivity index (χ3n) is 5.48. The fraction of sp³-hybridized carbons (Fsp3) is 0.0741. The molecule has 184 valence electrons. The van der Waals surface area contributed by atoms with Gasteiger partial charge in [-0.2, -0.15) is 15.1 Å². The number of nitrogens with one attached hydrogen (secondary N) is 1. The lowest BCUT2D eigenvalue weighted by Crippen LogP contribution is -2.35. The molecule has 3 aromatic carbocycles. The number of benzene rings is 3. The number of fused-ring (bicyclic) bond motifs is 1. The Kier molecular flexibility index (Phi) is 6.65. The van der Waals surface area contributed by atoms with E-state index in [-0.39, 0.29) is 28.5 Å². The minimum atomic E-state index is -0.675. The van der Waals surface area contributed by atoms with Crippen molar-refractivity contribution in [3.63, 3.8) is 0 Å². The molecular weight excluding hydrogens is 495 g/mol. The van der Waals surface area contributed by atoms with Gasteiger partial charge in [-0.1, -0.05) is 36.4 Å². The molecule has 0 fully saturated rings. The van der Waals surface area contributed by atoms with Crippen molar-refractivity contribution < 1.29 is 23.5 Å². The highest BCUT2D eigenvalue weighted by atomic mass is 32.2. The Morgan fingerprint density at radius 3 is 2.57 bits per heavy atom. The third-order valence-corrected chi connectivity index (χ3v) is 6.38. The first kappa shape index (κ1) is 24.1. The van der Waals surface area contributed by atoms with E-state index in [1.807, 2.05) is 30.3 Å². The molecule has 0 aromatic heterocycles. The molecule has 1 amide bonds. The number of hydrazone groups is 1. The van der Waals surface area contributed by atoms with Gasteiger partial charge in [-0.05, 0) is 65.4 Å². The average Bonchev–Trinajstić information content (AvgIpc) is 3.30. The maximum Gasteiger partial charge on any atom is 0.343 e. The number of hydrogen-bond donors (Lipinski definition) is 1. The van der Waals surface area contributed by atoms with Crippen molar-refractivity contribution >= 4 is 45.8 Å². The molecule has 2 heterocycles. The highest BCUT2D eigenvalue weighted by Gasteiger charge is 2.35. The molecule has 0 spiro atoms. The van der Waals surface area contributed by atoms with Gasteiger partial charge in [-0.3, -0.25) is 10.2 Å². The van der Waals surface area contributed by atoms with Crippen LogP contribution in [0.3, 0.4) is 0 Å². The number of nitrogens with zero attached hydrogens (tertiary/aromatic N) is 3. The Bertz CT molecular complexity index is 1500. The Labute approximate surface area is 215 Å². The number of methoxy groups -OCH3 is 1. The summed E-state index contributed by atoms with van der Waals surface area (Å²) in [6, 6.07) is 19.5. The van der Waals surface area contributed by atoms with Crippen molar-refractivity contribution in [2.45, 2.75) is 6.42 Å². The predicted octanol–water partition coefficient (Wildman–Crippen LogP) is 4.92. The lowest BCUT2D eigenvalue weighted by atomic mass is 10.1. The van der Waals surface area contributed by atoms with Crippen molar-refractivity contribution in [3.8, 4) is 11.5 Å². The van der Waals surface area contributed by atoms with Crippen LogP contribution >= 0.6 is 11.8 Å². The Morgan fingerprint density at radius 1 is 1.08 bits per heavy atom. The number of aliphatic imine (C=N–C) groups is 1. The van der Waals surface area contributed by atoms with Crippen LogP contribution in [0.2, 0.25) is 0 Å². The summed E-state index contributed by atoms with van der Waals surface area (Å²) in [6.07, 6.45) is 2.07. The van der Waals surface area contributed by atoms with E-state index in [1.165, 1.54) is 60.3 Å². The van der Waals surface area contributed by atoms with Gasteiger partial charge in [0.05, 0.1) is 18.2 Å². The molecule has 10 heteroatoms. The van der Waals surface area contributed by atoms with Crippen LogP contribution in [-0.4, -0.2) is 40.0 Å². The van der Waals surface area contributed by atoms with E-state index < -0.39 is 17.7 Å². The maximum atomic E-state index is 13.1. The minimum Gasteiger partial charge on any atom is -0.493 e. The van der Waals surface area contributed by atoms with Crippen molar-refractivity contribution in [1.29, 1.82) is 5.41 Å². The van der Waals surface area contributed by atoms with Gasteiger partial charge in [-0.15, -0.1) is 0 Å². The van der Waals surface area contributed by atoms with Gasteiger partial charge in [-0.25, -0.2) is 9.18 Å². The van der Waals surface area contributed by atoms with Crippen LogP contribution in [0.5, 0.6) is 11.5 Å². The number of hydrogen-bond acceptors (Lipinski definition) is 7. The molecular formula is C27H19FN4O4S. The Balaban J connectivity index is 1.36. The van der Waals surface area contributed by atoms with Crippen LogP contribution in [-0.2, 0) is 11.2 Å². The number of amides is 1. The van der Waals surface area contributed by atoms with Gasteiger partial charge in [0.2, 0.25) is 5.17 Å². The molecule has 3 aromatic rings. The number of carbonyl (C=O) groups excluding carboxylic acids is 2. The Morgan fingerprint density at radius 2 is 1.84 bits per heavy atom. The molecule has 2 aliphatic rings. The second-order valence-electron chi connectivity index (χ2n) is 7.98. The molecule has 5 rings (SSSR count). The molecule has 8 nitrogen and oxygen atoms in total. The summed E-state index contributed by atoms with van der Waals surface area (Å²) >= 11 is 1.27. The lowest BCUT2D eigenvalue weighted by molar-refractivity contribution is -0.114. The molecule has 37 heavy (non-hydrogen) atoms. The summed E-state index contributed by atoms with van der Waals surface area (Å²) < 4.78 is 23.9. The maximum absolute atomic E-state index is 13.1. The summed E-state index contributed by atoms with van der Waals surface area (Å²) in [5.41, 5.74) is 1.84. The van der Waals surface area contributed by atoms with E-state index in [4.69, 9.17) is 14.9 Å². The monoisotopic (exact) mass is 514 g/mol. The number of amidine groups is 2. The molecule has 0 radical (unpaired) electrons. The SMILES string of the molecule is COc1cc(/C=C2/C(=N)N3N=C(Cc4ccccc4)SC3=NC2=O)ccc1OC(=O)c1ccc(F)cc1.